The number of amides is 2. The molecule has 6 heteroatoms. The van der Waals surface area contributed by atoms with Crippen molar-refractivity contribution < 1.29 is 14.3 Å². The quantitative estimate of drug-likeness (QED) is 0.866. The number of rotatable bonds is 3. The summed E-state index contributed by atoms with van der Waals surface area (Å²) in [5, 5.41) is 10.4. The second-order valence-electron chi connectivity index (χ2n) is 5.71. The molecule has 0 aromatic heterocycles. The van der Waals surface area contributed by atoms with E-state index >= 15 is 0 Å². The van der Waals surface area contributed by atoms with E-state index in [0.717, 1.165) is 5.56 Å². The first kappa shape index (κ1) is 15.1. The highest BCUT2D eigenvalue weighted by Gasteiger charge is 2.45. The Kier molecular flexibility index (Phi) is 4.29. The summed E-state index contributed by atoms with van der Waals surface area (Å²) in [5.74, 6) is -0.957. The molecule has 0 saturated carbocycles. The van der Waals surface area contributed by atoms with Crippen LogP contribution >= 0.6 is 0 Å². The summed E-state index contributed by atoms with van der Waals surface area (Å²) < 4.78 is 5.12. The number of hydrogen-bond donors (Lipinski definition) is 1. The van der Waals surface area contributed by atoms with Crippen LogP contribution < -0.4 is 5.43 Å². The van der Waals surface area contributed by atoms with E-state index in [1.54, 1.807) is 0 Å². The number of nitriles is 1. The number of hydrogen-bond acceptors (Lipinski definition) is 4. The molecule has 1 saturated heterocycles. The average Bonchev–Trinajstić information content (AvgIpc) is 2.90. The first-order valence-electron chi connectivity index (χ1n) is 7.54. The van der Waals surface area contributed by atoms with Gasteiger partial charge in [-0.2, -0.15) is 5.26 Å². The van der Waals surface area contributed by atoms with Gasteiger partial charge in [-0.1, -0.05) is 42.5 Å². The van der Waals surface area contributed by atoms with E-state index in [4.69, 9.17) is 10.00 Å². The number of benzene rings is 1. The molecule has 0 radical (unpaired) electrons. The molecule has 6 nitrogen and oxygen atoms in total. The van der Waals surface area contributed by atoms with E-state index in [1.165, 1.54) is 5.01 Å². The molecule has 1 N–H and O–H groups in total. The Labute approximate surface area is 134 Å². The summed E-state index contributed by atoms with van der Waals surface area (Å²) in [6, 6.07) is 11.5. The first-order valence-corrected chi connectivity index (χ1v) is 7.54. The molecule has 0 spiro atoms. The number of carbonyl (C=O) groups is 2. The molecule has 1 aliphatic carbocycles. The third-order valence-corrected chi connectivity index (χ3v) is 4.22. The number of carbonyl (C=O) groups excluding carboxylic acids is 2. The fourth-order valence-corrected chi connectivity index (χ4v) is 3.07. The van der Waals surface area contributed by atoms with Crippen LogP contribution in [-0.2, 0) is 16.1 Å². The smallest absolute Gasteiger partial charge is 0.426 e. The Morgan fingerprint density at radius 1 is 1.39 bits per heavy atom. The van der Waals surface area contributed by atoms with Crippen LogP contribution in [0.2, 0.25) is 0 Å². The van der Waals surface area contributed by atoms with Gasteiger partial charge in [-0.05, 0) is 12.0 Å². The van der Waals surface area contributed by atoms with Gasteiger partial charge in [-0.3, -0.25) is 9.80 Å². The molecule has 3 rings (SSSR count). The molecule has 1 heterocycles. The maximum absolute atomic E-state index is 12.4. The van der Waals surface area contributed by atoms with E-state index in [1.807, 2.05) is 42.5 Å². The Morgan fingerprint density at radius 3 is 2.91 bits per heavy atom. The first-order chi connectivity index (χ1) is 11.2. The van der Waals surface area contributed by atoms with E-state index in [-0.39, 0.29) is 30.3 Å². The predicted octanol–water partition coefficient (Wildman–Crippen LogP) is 2.00. The summed E-state index contributed by atoms with van der Waals surface area (Å²) in [7, 11) is 0. The molecule has 1 aromatic carbocycles. The van der Waals surface area contributed by atoms with Crippen molar-refractivity contribution in [2.75, 3.05) is 6.54 Å². The second-order valence-corrected chi connectivity index (χ2v) is 5.71. The minimum absolute atomic E-state index is 0.0321. The van der Waals surface area contributed by atoms with Crippen molar-refractivity contribution in [1.29, 1.82) is 5.26 Å². The van der Waals surface area contributed by atoms with Gasteiger partial charge in [0.15, 0.2) is 0 Å². The van der Waals surface area contributed by atoms with Crippen molar-refractivity contribution >= 4 is 12.0 Å². The summed E-state index contributed by atoms with van der Waals surface area (Å²) >= 11 is 0. The van der Waals surface area contributed by atoms with E-state index in [9.17, 15) is 9.59 Å². The van der Waals surface area contributed by atoms with Gasteiger partial charge in [0.1, 0.15) is 6.61 Å². The van der Waals surface area contributed by atoms with Crippen molar-refractivity contribution in [2.45, 2.75) is 13.0 Å². The lowest BCUT2D eigenvalue weighted by Gasteiger charge is -2.21. The number of nitrogens with one attached hydrogen (secondary N) is 1. The lowest BCUT2D eigenvalue weighted by Crippen LogP contribution is -2.44. The molecule has 0 bridgehead atoms. The van der Waals surface area contributed by atoms with Crippen LogP contribution in [0.25, 0.3) is 0 Å². The fraction of sp³-hybridized carbons (Fsp3) is 0.353. The van der Waals surface area contributed by atoms with Crippen LogP contribution in [-0.4, -0.2) is 23.6 Å². The molecule has 3 atom stereocenters. The van der Waals surface area contributed by atoms with Crippen LogP contribution in [0.4, 0.5) is 4.79 Å². The Balaban J connectivity index is 1.56. The van der Waals surface area contributed by atoms with Crippen molar-refractivity contribution in [3.05, 3.63) is 48.0 Å². The Bertz CT molecular complexity index is 665. The van der Waals surface area contributed by atoms with Crippen molar-refractivity contribution in [3.8, 4) is 6.07 Å². The maximum atomic E-state index is 12.4. The Hall–Kier alpha value is -2.81. The molecular weight excluding hydrogens is 294 g/mol. The SMILES string of the molecule is N#CC1CC=CC2CN(NC(=O)OCc3ccccc3)C(=O)C12. The standard InChI is InChI=1S/C17H17N3O3/c18-9-13-7-4-8-14-10-20(16(21)15(13)14)19-17(22)23-11-12-5-2-1-3-6-12/h1-6,8,13-15H,7,10-11H2,(H,19,22). The number of hydrazine groups is 1. The van der Waals surface area contributed by atoms with Crippen molar-refractivity contribution in [2.24, 2.45) is 17.8 Å². The normalized spacial score (nSPS) is 25.6. The maximum Gasteiger partial charge on any atom is 0.426 e. The number of ether oxygens (including phenoxy) is 1. The highest BCUT2D eigenvalue weighted by molar-refractivity contribution is 5.84. The number of allylic oxidation sites excluding steroid dienone is 1. The topological polar surface area (TPSA) is 82.4 Å². The zero-order chi connectivity index (χ0) is 16.2. The Morgan fingerprint density at radius 2 is 2.17 bits per heavy atom. The van der Waals surface area contributed by atoms with Gasteiger partial charge >= 0.3 is 6.09 Å². The third-order valence-electron chi connectivity index (χ3n) is 4.22. The number of nitrogens with zero attached hydrogens (tertiary/aromatic N) is 2. The molecule has 1 fully saturated rings. The zero-order valence-electron chi connectivity index (χ0n) is 12.5. The van der Waals surface area contributed by atoms with Gasteiger partial charge in [0, 0.05) is 12.5 Å². The molecule has 3 unspecified atom stereocenters. The zero-order valence-corrected chi connectivity index (χ0v) is 12.5. The van der Waals surface area contributed by atoms with Gasteiger partial charge in [0.05, 0.1) is 17.9 Å². The van der Waals surface area contributed by atoms with Crippen molar-refractivity contribution in [1.82, 2.24) is 10.4 Å². The van der Waals surface area contributed by atoms with Crippen LogP contribution in [0.5, 0.6) is 0 Å². The highest BCUT2D eigenvalue weighted by atomic mass is 16.6. The highest BCUT2D eigenvalue weighted by Crippen LogP contribution is 2.36. The monoisotopic (exact) mass is 311 g/mol. The molecule has 23 heavy (non-hydrogen) atoms. The summed E-state index contributed by atoms with van der Waals surface area (Å²) in [6.45, 7) is 0.515. The summed E-state index contributed by atoms with van der Waals surface area (Å²) in [5.41, 5.74) is 3.35. The van der Waals surface area contributed by atoms with Gasteiger partial charge in [0.2, 0.25) is 5.91 Å². The van der Waals surface area contributed by atoms with Gasteiger partial charge in [0.25, 0.3) is 0 Å². The average molecular weight is 311 g/mol. The van der Waals surface area contributed by atoms with Crippen LogP contribution in [0.3, 0.4) is 0 Å². The predicted molar refractivity (Wildman–Crippen MR) is 81.3 cm³/mol. The number of fused-ring (bicyclic) bond motifs is 1. The van der Waals surface area contributed by atoms with Crippen LogP contribution in [0.15, 0.2) is 42.5 Å². The van der Waals surface area contributed by atoms with Gasteiger partial charge in [-0.25, -0.2) is 10.2 Å². The largest absolute Gasteiger partial charge is 0.443 e. The van der Waals surface area contributed by atoms with Crippen molar-refractivity contribution in [3.63, 3.8) is 0 Å². The molecule has 2 amide bonds. The lowest BCUT2D eigenvalue weighted by atomic mass is 9.78. The molecule has 118 valence electrons. The molecule has 2 aliphatic rings. The third kappa shape index (κ3) is 3.19. The lowest BCUT2D eigenvalue weighted by molar-refractivity contribution is -0.134. The molecular formula is C17H17N3O3. The minimum Gasteiger partial charge on any atom is -0.443 e. The molecule has 1 aliphatic heterocycles. The van der Waals surface area contributed by atoms with Crippen LogP contribution in [0, 0.1) is 29.1 Å². The van der Waals surface area contributed by atoms with E-state index < -0.39 is 6.09 Å². The van der Waals surface area contributed by atoms with E-state index in [2.05, 4.69) is 11.5 Å². The van der Waals surface area contributed by atoms with Crippen LogP contribution in [0.1, 0.15) is 12.0 Å². The summed E-state index contributed by atoms with van der Waals surface area (Å²) in [4.78, 5) is 24.3. The summed E-state index contributed by atoms with van der Waals surface area (Å²) in [6.07, 6.45) is 3.79. The second kappa shape index (κ2) is 6.53. The fourth-order valence-electron chi connectivity index (χ4n) is 3.07. The van der Waals surface area contributed by atoms with Gasteiger partial charge < -0.3 is 4.74 Å². The van der Waals surface area contributed by atoms with Gasteiger partial charge in [-0.15, -0.1) is 0 Å². The molecule has 1 aromatic rings. The minimum atomic E-state index is -0.668. The van der Waals surface area contributed by atoms with E-state index in [0.29, 0.717) is 13.0 Å².